The van der Waals surface area contributed by atoms with Crippen LogP contribution in [0.2, 0.25) is 0 Å². The summed E-state index contributed by atoms with van der Waals surface area (Å²) in [5.41, 5.74) is 7.24. The van der Waals surface area contributed by atoms with Crippen molar-refractivity contribution in [3.63, 3.8) is 0 Å². The van der Waals surface area contributed by atoms with Crippen LogP contribution in [0.5, 0.6) is 0 Å². The number of aliphatic hydroxyl groups is 1. The van der Waals surface area contributed by atoms with E-state index in [0.29, 0.717) is 17.9 Å². The summed E-state index contributed by atoms with van der Waals surface area (Å²) in [4.78, 5) is 14.2. The number of pyridine rings is 1. The standard InChI is InChI=1S/C14H23NO.C2H7NO/c1-10-6-12(15-13(16)8-10)7-11(2)9-14(3,4)5;3-1-2-4/h6,8,11H,7,9H2,1-5H3,(H,15,16);4H,1-3H2. The fourth-order valence-corrected chi connectivity index (χ4v) is 2.36. The van der Waals surface area contributed by atoms with E-state index in [4.69, 9.17) is 10.8 Å². The monoisotopic (exact) mass is 282 g/mol. The maximum atomic E-state index is 11.3. The first-order valence-electron chi connectivity index (χ1n) is 7.18. The molecule has 4 nitrogen and oxygen atoms in total. The third-order valence-corrected chi connectivity index (χ3v) is 2.70. The normalized spacial score (nSPS) is 12.6. The molecule has 20 heavy (non-hydrogen) atoms. The Hall–Kier alpha value is -1.13. The highest BCUT2D eigenvalue weighted by Gasteiger charge is 2.15. The predicted molar refractivity (Wildman–Crippen MR) is 84.9 cm³/mol. The van der Waals surface area contributed by atoms with Gasteiger partial charge in [-0.3, -0.25) is 4.79 Å². The van der Waals surface area contributed by atoms with E-state index in [2.05, 4.69) is 38.7 Å². The van der Waals surface area contributed by atoms with Crippen molar-refractivity contribution in [2.45, 2.75) is 47.5 Å². The lowest BCUT2D eigenvalue weighted by Crippen LogP contribution is -2.15. The second kappa shape index (κ2) is 8.93. The molecule has 0 radical (unpaired) electrons. The van der Waals surface area contributed by atoms with Crippen LogP contribution in [0.4, 0.5) is 0 Å². The van der Waals surface area contributed by atoms with Gasteiger partial charge in [0.05, 0.1) is 6.61 Å². The first kappa shape index (κ1) is 18.9. The Bertz CT molecular complexity index is 431. The van der Waals surface area contributed by atoms with Crippen molar-refractivity contribution >= 4 is 0 Å². The van der Waals surface area contributed by atoms with Gasteiger partial charge in [-0.05, 0) is 42.7 Å². The lowest BCUT2D eigenvalue weighted by molar-refractivity contribution is 0.305. The number of rotatable bonds is 4. The molecule has 4 N–H and O–H groups in total. The Labute approximate surface area is 122 Å². The Balaban J connectivity index is 0.000000796. The first-order valence-corrected chi connectivity index (χ1v) is 7.18. The minimum Gasteiger partial charge on any atom is -0.395 e. The fraction of sp³-hybridized carbons (Fsp3) is 0.688. The van der Waals surface area contributed by atoms with E-state index < -0.39 is 0 Å². The van der Waals surface area contributed by atoms with E-state index in [1.54, 1.807) is 6.07 Å². The smallest absolute Gasteiger partial charge is 0.248 e. The minimum atomic E-state index is 0.0120. The number of nitrogens with two attached hydrogens (primary N) is 1. The van der Waals surface area contributed by atoms with E-state index >= 15 is 0 Å². The van der Waals surface area contributed by atoms with Crippen molar-refractivity contribution in [1.82, 2.24) is 4.98 Å². The van der Waals surface area contributed by atoms with Crippen molar-refractivity contribution in [3.05, 3.63) is 33.7 Å². The van der Waals surface area contributed by atoms with Gasteiger partial charge in [0, 0.05) is 18.3 Å². The molecule has 0 aliphatic rings. The van der Waals surface area contributed by atoms with Gasteiger partial charge in [-0.2, -0.15) is 0 Å². The summed E-state index contributed by atoms with van der Waals surface area (Å²) in [7, 11) is 0. The average molecular weight is 282 g/mol. The average Bonchev–Trinajstić information content (AvgIpc) is 2.25. The number of hydrogen-bond acceptors (Lipinski definition) is 3. The van der Waals surface area contributed by atoms with Crippen molar-refractivity contribution in [2.75, 3.05) is 13.2 Å². The van der Waals surface area contributed by atoms with Gasteiger partial charge in [-0.25, -0.2) is 0 Å². The van der Waals surface area contributed by atoms with E-state index in [0.717, 1.165) is 17.7 Å². The number of aryl methyl sites for hydroxylation is 1. The molecule has 116 valence electrons. The largest absolute Gasteiger partial charge is 0.395 e. The summed E-state index contributed by atoms with van der Waals surface area (Å²) < 4.78 is 0. The van der Waals surface area contributed by atoms with Gasteiger partial charge in [0.2, 0.25) is 5.56 Å². The molecule has 1 aromatic rings. The van der Waals surface area contributed by atoms with Crippen molar-refractivity contribution in [1.29, 1.82) is 0 Å². The van der Waals surface area contributed by atoms with E-state index in [1.807, 2.05) is 6.92 Å². The maximum Gasteiger partial charge on any atom is 0.248 e. The molecule has 0 aliphatic heterocycles. The highest BCUT2D eigenvalue weighted by Crippen LogP contribution is 2.25. The van der Waals surface area contributed by atoms with Gasteiger partial charge in [0.15, 0.2) is 0 Å². The van der Waals surface area contributed by atoms with Gasteiger partial charge < -0.3 is 15.8 Å². The highest BCUT2D eigenvalue weighted by atomic mass is 16.3. The zero-order valence-electron chi connectivity index (χ0n) is 13.5. The van der Waals surface area contributed by atoms with Gasteiger partial charge in [0.25, 0.3) is 0 Å². The molecule has 0 saturated carbocycles. The Morgan fingerprint density at radius 2 is 1.90 bits per heavy atom. The third kappa shape index (κ3) is 9.75. The summed E-state index contributed by atoms with van der Waals surface area (Å²) in [6.45, 7) is 11.4. The molecule has 1 atom stereocenters. The molecule has 1 rings (SSSR count). The summed E-state index contributed by atoms with van der Waals surface area (Å²) in [5, 5.41) is 7.75. The molecular formula is C16H30N2O2. The van der Waals surface area contributed by atoms with Crippen LogP contribution in [-0.4, -0.2) is 23.2 Å². The van der Waals surface area contributed by atoms with Crippen LogP contribution in [-0.2, 0) is 6.42 Å². The van der Waals surface area contributed by atoms with Crippen LogP contribution in [0.3, 0.4) is 0 Å². The van der Waals surface area contributed by atoms with Crippen LogP contribution in [0.1, 0.15) is 45.4 Å². The van der Waals surface area contributed by atoms with Crippen LogP contribution in [0.15, 0.2) is 16.9 Å². The molecule has 0 spiro atoms. The molecular weight excluding hydrogens is 252 g/mol. The molecule has 1 aromatic heterocycles. The number of aromatic nitrogens is 1. The Kier molecular flexibility index (Phi) is 8.42. The van der Waals surface area contributed by atoms with Gasteiger partial charge >= 0.3 is 0 Å². The fourth-order valence-electron chi connectivity index (χ4n) is 2.36. The predicted octanol–water partition coefficient (Wildman–Crippen LogP) is 2.24. The zero-order valence-corrected chi connectivity index (χ0v) is 13.5. The molecule has 1 heterocycles. The summed E-state index contributed by atoms with van der Waals surface area (Å²) in [6, 6.07) is 3.71. The molecule has 0 fully saturated rings. The van der Waals surface area contributed by atoms with Crippen molar-refractivity contribution in [2.24, 2.45) is 17.1 Å². The Morgan fingerprint density at radius 3 is 2.30 bits per heavy atom. The maximum absolute atomic E-state index is 11.3. The molecule has 0 amide bonds. The van der Waals surface area contributed by atoms with E-state index in [1.165, 1.54) is 6.42 Å². The number of aliphatic hydroxyl groups excluding tert-OH is 1. The molecule has 0 saturated heterocycles. The summed E-state index contributed by atoms with van der Waals surface area (Å²) in [6.07, 6.45) is 2.12. The number of H-pyrrole nitrogens is 1. The summed E-state index contributed by atoms with van der Waals surface area (Å²) in [5.74, 6) is 0.595. The van der Waals surface area contributed by atoms with Gasteiger partial charge in [0.1, 0.15) is 0 Å². The molecule has 1 unspecified atom stereocenters. The summed E-state index contributed by atoms with van der Waals surface area (Å²) >= 11 is 0. The minimum absolute atomic E-state index is 0.0120. The quantitative estimate of drug-likeness (QED) is 0.792. The zero-order chi connectivity index (χ0) is 15.8. The van der Waals surface area contributed by atoms with Crippen LogP contribution in [0.25, 0.3) is 0 Å². The lowest BCUT2D eigenvalue weighted by Gasteiger charge is -2.23. The van der Waals surface area contributed by atoms with Crippen LogP contribution in [0, 0.1) is 18.3 Å². The van der Waals surface area contributed by atoms with E-state index in [-0.39, 0.29) is 12.2 Å². The lowest BCUT2D eigenvalue weighted by atomic mass is 9.83. The van der Waals surface area contributed by atoms with Crippen LogP contribution < -0.4 is 11.3 Å². The van der Waals surface area contributed by atoms with Gasteiger partial charge in [-0.1, -0.05) is 27.7 Å². The second-order valence-corrected chi connectivity index (χ2v) is 6.63. The SMILES string of the molecule is Cc1cc(CC(C)CC(C)(C)C)[nH]c(=O)c1.NCCO. The Morgan fingerprint density at radius 1 is 1.35 bits per heavy atom. The molecule has 0 aromatic carbocycles. The number of hydrogen-bond donors (Lipinski definition) is 3. The van der Waals surface area contributed by atoms with E-state index in [9.17, 15) is 4.79 Å². The van der Waals surface area contributed by atoms with Crippen molar-refractivity contribution in [3.8, 4) is 0 Å². The first-order chi connectivity index (χ1) is 9.17. The molecule has 4 heteroatoms. The molecule has 0 aliphatic carbocycles. The van der Waals surface area contributed by atoms with Gasteiger partial charge in [-0.15, -0.1) is 0 Å². The second-order valence-electron chi connectivity index (χ2n) is 6.63. The third-order valence-electron chi connectivity index (χ3n) is 2.70. The van der Waals surface area contributed by atoms with Crippen LogP contribution >= 0.6 is 0 Å². The number of nitrogens with one attached hydrogen (secondary N) is 1. The van der Waals surface area contributed by atoms with Crippen molar-refractivity contribution < 1.29 is 5.11 Å². The topological polar surface area (TPSA) is 79.1 Å². The number of aromatic amines is 1. The molecule has 0 bridgehead atoms. The highest BCUT2D eigenvalue weighted by molar-refractivity contribution is 5.14.